The molecule has 4 aromatic rings. The van der Waals surface area contributed by atoms with Crippen molar-refractivity contribution in [3.8, 4) is 16.3 Å². The number of hydrogen-bond donors (Lipinski definition) is 1. The maximum absolute atomic E-state index is 12.8. The third-order valence-corrected chi connectivity index (χ3v) is 6.12. The highest BCUT2D eigenvalue weighted by Crippen LogP contribution is 2.33. The summed E-state index contributed by atoms with van der Waals surface area (Å²) in [6, 6.07) is 13.5. The maximum atomic E-state index is 12.8. The summed E-state index contributed by atoms with van der Waals surface area (Å²) in [7, 11) is 0. The zero-order valence-corrected chi connectivity index (χ0v) is 17.0. The molecule has 3 heterocycles. The Bertz CT molecular complexity index is 1100. The standard InChI is InChI=1S/C19H15ClN4OS2/c1-11-15(17(20)24(23-11)13-7-4-3-5-8-13)18(25)22-19-21-16(12(2)27-19)14-9-6-10-26-14/h3-10H,1-2H3,(H,21,22,25). The molecule has 0 saturated heterocycles. The SMILES string of the molecule is Cc1nn(-c2ccccc2)c(Cl)c1C(=O)Nc1nc(-c2cccs2)c(C)s1. The van der Waals surface area contributed by atoms with Crippen LogP contribution in [0, 0.1) is 13.8 Å². The van der Waals surface area contributed by atoms with Crippen LogP contribution in [0.4, 0.5) is 5.13 Å². The molecular formula is C19H15ClN4OS2. The highest BCUT2D eigenvalue weighted by molar-refractivity contribution is 7.17. The summed E-state index contributed by atoms with van der Waals surface area (Å²) in [5, 5.41) is 10.1. The van der Waals surface area contributed by atoms with Crippen molar-refractivity contribution >= 4 is 45.3 Å². The number of carbonyl (C=O) groups is 1. The highest BCUT2D eigenvalue weighted by atomic mass is 35.5. The molecule has 0 aliphatic rings. The average Bonchev–Trinajstić information content (AvgIpc) is 3.35. The Morgan fingerprint density at radius 1 is 1.15 bits per heavy atom. The van der Waals surface area contributed by atoms with Crippen LogP contribution in [-0.4, -0.2) is 20.7 Å². The molecule has 0 radical (unpaired) electrons. The van der Waals surface area contributed by atoms with Gasteiger partial charge in [-0.25, -0.2) is 9.67 Å². The van der Waals surface area contributed by atoms with Gasteiger partial charge < -0.3 is 0 Å². The topological polar surface area (TPSA) is 59.8 Å². The van der Waals surface area contributed by atoms with E-state index in [0.717, 1.165) is 21.1 Å². The number of nitrogens with one attached hydrogen (secondary N) is 1. The maximum Gasteiger partial charge on any atom is 0.262 e. The largest absolute Gasteiger partial charge is 0.298 e. The van der Waals surface area contributed by atoms with Crippen molar-refractivity contribution in [1.29, 1.82) is 0 Å². The van der Waals surface area contributed by atoms with Crippen LogP contribution in [0.1, 0.15) is 20.9 Å². The summed E-state index contributed by atoms with van der Waals surface area (Å²) in [6.07, 6.45) is 0. The Balaban J connectivity index is 1.63. The second kappa shape index (κ2) is 7.26. The normalized spacial score (nSPS) is 10.9. The second-order valence-corrected chi connectivity index (χ2v) is 8.36. The molecule has 0 aliphatic heterocycles. The monoisotopic (exact) mass is 414 g/mol. The number of aryl methyl sites for hydroxylation is 2. The summed E-state index contributed by atoms with van der Waals surface area (Å²) in [5.74, 6) is -0.314. The van der Waals surface area contributed by atoms with Crippen molar-refractivity contribution in [1.82, 2.24) is 14.8 Å². The molecular weight excluding hydrogens is 400 g/mol. The molecule has 0 unspecified atom stereocenters. The van der Waals surface area contributed by atoms with Gasteiger partial charge in [0, 0.05) is 4.88 Å². The number of hydrogen-bond acceptors (Lipinski definition) is 5. The molecule has 5 nitrogen and oxygen atoms in total. The van der Waals surface area contributed by atoms with Crippen molar-refractivity contribution in [2.24, 2.45) is 0 Å². The van der Waals surface area contributed by atoms with E-state index in [1.165, 1.54) is 11.3 Å². The molecule has 0 aliphatic carbocycles. The van der Waals surface area contributed by atoms with Crippen molar-refractivity contribution in [3.05, 3.63) is 69.1 Å². The van der Waals surface area contributed by atoms with Crippen LogP contribution < -0.4 is 5.32 Å². The van der Waals surface area contributed by atoms with E-state index in [1.54, 1.807) is 22.9 Å². The van der Waals surface area contributed by atoms with E-state index >= 15 is 0 Å². The van der Waals surface area contributed by atoms with E-state index in [2.05, 4.69) is 15.4 Å². The number of halogens is 1. The van der Waals surface area contributed by atoms with Gasteiger partial charge in [-0.1, -0.05) is 35.9 Å². The lowest BCUT2D eigenvalue weighted by Gasteiger charge is -2.03. The van der Waals surface area contributed by atoms with Gasteiger partial charge in [0.25, 0.3) is 5.91 Å². The van der Waals surface area contributed by atoms with E-state index in [-0.39, 0.29) is 11.1 Å². The van der Waals surface area contributed by atoms with E-state index < -0.39 is 0 Å². The van der Waals surface area contributed by atoms with Crippen molar-refractivity contribution in [2.75, 3.05) is 5.32 Å². The number of thiophene rings is 1. The van der Waals surface area contributed by atoms with Gasteiger partial charge in [0.05, 0.1) is 22.0 Å². The van der Waals surface area contributed by atoms with Crippen LogP contribution >= 0.6 is 34.3 Å². The van der Waals surface area contributed by atoms with Crippen LogP contribution in [0.5, 0.6) is 0 Å². The Kier molecular flexibility index (Phi) is 4.82. The van der Waals surface area contributed by atoms with Crippen molar-refractivity contribution < 1.29 is 4.79 Å². The molecule has 0 fully saturated rings. The lowest BCUT2D eigenvalue weighted by molar-refractivity contribution is 0.102. The Morgan fingerprint density at radius 2 is 1.93 bits per heavy atom. The molecule has 1 aromatic carbocycles. The van der Waals surface area contributed by atoms with Crippen molar-refractivity contribution in [2.45, 2.75) is 13.8 Å². The zero-order valence-electron chi connectivity index (χ0n) is 14.6. The molecule has 3 aromatic heterocycles. The van der Waals surface area contributed by atoms with Crippen LogP contribution in [0.25, 0.3) is 16.3 Å². The Morgan fingerprint density at radius 3 is 2.63 bits per heavy atom. The molecule has 0 spiro atoms. The predicted octanol–water partition coefficient (Wildman–Crippen LogP) is 5.58. The van der Waals surface area contributed by atoms with Gasteiger partial charge in [0.2, 0.25) is 0 Å². The van der Waals surface area contributed by atoms with Crippen LogP contribution in [0.15, 0.2) is 47.8 Å². The number of anilines is 1. The molecule has 1 N–H and O–H groups in total. The minimum absolute atomic E-state index is 0.281. The fourth-order valence-corrected chi connectivity index (χ4v) is 4.77. The number of nitrogens with zero attached hydrogens (tertiary/aromatic N) is 3. The molecule has 136 valence electrons. The van der Waals surface area contributed by atoms with Crippen LogP contribution in [0.3, 0.4) is 0 Å². The smallest absolute Gasteiger partial charge is 0.262 e. The lowest BCUT2D eigenvalue weighted by atomic mass is 10.2. The second-order valence-electron chi connectivity index (χ2n) is 5.85. The number of benzene rings is 1. The van der Waals surface area contributed by atoms with E-state index in [0.29, 0.717) is 16.4 Å². The summed E-state index contributed by atoms with van der Waals surface area (Å²) in [5.41, 5.74) is 2.61. The van der Waals surface area contributed by atoms with Crippen LogP contribution in [0.2, 0.25) is 5.15 Å². The van der Waals surface area contributed by atoms with E-state index in [4.69, 9.17) is 11.6 Å². The molecule has 4 rings (SSSR count). The first-order valence-electron chi connectivity index (χ1n) is 8.18. The fourth-order valence-electron chi connectivity index (χ4n) is 2.75. The third kappa shape index (κ3) is 3.41. The molecule has 0 saturated carbocycles. The van der Waals surface area contributed by atoms with Gasteiger partial charge in [-0.2, -0.15) is 5.10 Å². The molecule has 0 atom stereocenters. The number of rotatable bonds is 4. The number of carbonyl (C=O) groups excluding carboxylic acids is 1. The minimum Gasteiger partial charge on any atom is -0.298 e. The molecule has 1 amide bonds. The van der Waals surface area contributed by atoms with Gasteiger partial charge >= 0.3 is 0 Å². The average molecular weight is 415 g/mol. The number of amides is 1. The summed E-state index contributed by atoms with van der Waals surface area (Å²) < 4.78 is 1.57. The van der Waals surface area contributed by atoms with Gasteiger partial charge in [-0.3, -0.25) is 10.1 Å². The first kappa shape index (κ1) is 17.9. The zero-order chi connectivity index (χ0) is 19.0. The lowest BCUT2D eigenvalue weighted by Crippen LogP contribution is -2.13. The number of aromatic nitrogens is 3. The van der Waals surface area contributed by atoms with Gasteiger partial charge in [-0.05, 0) is 37.4 Å². The van der Waals surface area contributed by atoms with E-state index in [1.807, 2.05) is 54.8 Å². The molecule has 27 heavy (non-hydrogen) atoms. The summed E-state index contributed by atoms with van der Waals surface area (Å²) >= 11 is 9.53. The fraction of sp³-hybridized carbons (Fsp3) is 0.105. The summed E-state index contributed by atoms with van der Waals surface area (Å²) in [4.78, 5) is 19.5. The minimum atomic E-state index is -0.314. The quantitative estimate of drug-likeness (QED) is 0.474. The third-order valence-electron chi connectivity index (χ3n) is 4.00. The van der Waals surface area contributed by atoms with E-state index in [9.17, 15) is 4.79 Å². The first-order chi connectivity index (χ1) is 13.0. The van der Waals surface area contributed by atoms with Gasteiger partial charge in [0.15, 0.2) is 5.13 Å². The molecule has 0 bridgehead atoms. The molecule has 8 heteroatoms. The van der Waals surface area contributed by atoms with Crippen LogP contribution in [-0.2, 0) is 0 Å². The first-order valence-corrected chi connectivity index (χ1v) is 10.2. The Labute approximate surface area is 169 Å². The predicted molar refractivity (Wildman–Crippen MR) is 111 cm³/mol. The van der Waals surface area contributed by atoms with Gasteiger partial charge in [0.1, 0.15) is 10.7 Å². The van der Waals surface area contributed by atoms with Gasteiger partial charge in [-0.15, -0.1) is 22.7 Å². The number of thiazole rings is 1. The summed E-state index contributed by atoms with van der Waals surface area (Å²) in [6.45, 7) is 3.76. The Hall–Kier alpha value is -2.48. The van der Waals surface area contributed by atoms with Crippen molar-refractivity contribution in [3.63, 3.8) is 0 Å². The number of para-hydroxylation sites is 1. The highest BCUT2D eigenvalue weighted by Gasteiger charge is 2.22.